The standard InChI is InChI=1S/C40H47N3O5S/c1-5-23-41(30-17-19-32(20-18-30)48-7-3)36(45)33-34-37(46)43(25-11-8-12-26-44)35(40(34)22-21-39(33,4)49-40)38(47)42(24-6-2)31-16-15-28-13-9-10-14-29(28)27-31/h5-6,9-10,13-20,27,33-35,44H,1-2,7-8,11-12,21-26H2,3-4H3/t33-,34-,35?,39+,40?/m0/s1. The van der Waals surface area contributed by atoms with Gasteiger partial charge in [0.1, 0.15) is 11.8 Å². The van der Waals surface area contributed by atoms with Gasteiger partial charge in [-0.25, -0.2) is 0 Å². The molecular formula is C40H47N3O5S. The molecule has 8 nitrogen and oxygen atoms in total. The van der Waals surface area contributed by atoms with Gasteiger partial charge in [-0.15, -0.1) is 24.9 Å². The average molecular weight is 682 g/mol. The third kappa shape index (κ3) is 6.16. The summed E-state index contributed by atoms with van der Waals surface area (Å²) in [6, 6.07) is 20.7. The second kappa shape index (κ2) is 14.4. The monoisotopic (exact) mass is 681 g/mol. The van der Waals surface area contributed by atoms with Crippen LogP contribution in [-0.2, 0) is 14.4 Å². The zero-order chi connectivity index (χ0) is 34.8. The van der Waals surface area contributed by atoms with Crippen molar-refractivity contribution in [2.45, 2.75) is 61.5 Å². The van der Waals surface area contributed by atoms with Crippen molar-refractivity contribution in [1.82, 2.24) is 4.90 Å². The number of aliphatic hydroxyl groups is 1. The highest BCUT2D eigenvalue weighted by Crippen LogP contribution is 2.71. The Balaban J connectivity index is 1.40. The zero-order valence-electron chi connectivity index (χ0n) is 28.6. The third-order valence-electron chi connectivity index (χ3n) is 10.5. The van der Waals surface area contributed by atoms with Crippen molar-refractivity contribution >= 4 is 51.6 Å². The van der Waals surface area contributed by atoms with Crippen LogP contribution in [0, 0.1) is 11.8 Å². The number of fused-ring (bicyclic) bond motifs is 2. The summed E-state index contributed by atoms with van der Waals surface area (Å²) in [5.41, 5.74) is 1.46. The smallest absolute Gasteiger partial charge is 0.251 e. The van der Waals surface area contributed by atoms with Gasteiger partial charge in [0.2, 0.25) is 11.8 Å². The SMILES string of the molecule is C=CCN(C(=O)C1N(CCCCCO)C(=O)[C@@H]2[C@@H](C(=O)N(CC=C)c3ccc(OCC)cc3)[C@@]3(C)CCC12S3)c1ccc2ccccc2c1. The molecule has 0 radical (unpaired) electrons. The zero-order valence-corrected chi connectivity index (χ0v) is 29.4. The van der Waals surface area contributed by atoms with E-state index in [2.05, 4.69) is 20.1 Å². The van der Waals surface area contributed by atoms with Crippen molar-refractivity contribution in [3.63, 3.8) is 0 Å². The molecule has 0 aromatic heterocycles. The number of rotatable bonds is 15. The summed E-state index contributed by atoms with van der Waals surface area (Å²) in [5, 5.41) is 11.5. The Morgan fingerprint density at radius 1 is 0.939 bits per heavy atom. The first-order valence-corrected chi connectivity index (χ1v) is 18.2. The molecule has 3 aromatic rings. The lowest BCUT2D eigenvalue weighted by Gasteiger charge is -2.38. The maximum absolute atomic E-state index is 15.1. The fraction of sp³-hybridized carbons (Fsp3) is 0.425. The molecule has 5 atom stereocenters. The van der Waals surface area contributed by atoms with Gasteiger partial charge in [0.05, 0.1) is 23.2 Å². The van der Waals surface area contributed by atoms with Crippen molar-refractivity contribution in [2.75, 3.05) is 42.6 Å². The van der Waals surface area contributed by atoms with Crippen LogP contribution in [0.15, 0.2) is 92.0 Å². The topological polar surface area (TPSA) is 90.4 Å². The maximum atomic E-state index is 15.1. The summed E-state index contributed by atoms with van der Waals surface area (Å²) in [5.74, 6) is -0.932. The van der Waals surface area contributed by atoms with Gasteiger partial charge in [0, 0.05) is 42.4 Å². The minimum Gasteiger partial charge on any atom is -0.494 e. The van der Waals surface area contributed by atoms with Gasteiger partial charge < -0.3 is 24.5 Å². The van der Waals surface area contributed by atoms with Crippen molar-refractivity contribution in [1.29, 1.82) is 0 Å². The van der Waals surface area contributed by atoms with E-state index in [-0.39, 0.29) is 30.9 Å². The minimum absolute atomic E-state index is 0.0768. The summed E-state index contributed by atoms with van der Waals surface area (Å²) < 4.78 is 4.36. The minimum atomic E-state index is -0.755. The Hall–Kier alpha value is -4.08. The van der Waals surface area contributed by atoms with Crippen LogP contribution in [0.2, 0.25) is 0 Å². The van der Waals surface area contributed by atoms with Gasteiger partial charge in [-0.3, -0.25) is 14.4 Å². The van der Waals surface area contributed by atoms with Gasteiger partial charge in [-0.2, -0.15) is 0 Å². The van der Waals surface area contributed by atoms with Gasteiger partial charge in [-0.05, 0) is 93.1 Å². The van der Waals surface area contributed by atoms with Crippen LogP contribution in [-0.4, -0.2) is 76.1 Å². The van der Waals surface area contributed by atoms with Crippen LogP contribution >= 0.6 is 11.8 Å². The van der Waals surface area contributed by atoms with Crippen LogP contribution in [0.3, 0.4) is 0 Å². The van der Waals surface area contributed by atoms with Crippen LogP contribution in [0.5, 0.6) is 5.75 Å². The molecule has 49 heavy (non-hydrogen) atoms. The van der Waals surface area contributed by atoms with Crippen LogP contribution in [0.25, 0.3) is 10.8 Å². The molecule has 258 valence electrons. The van der Waals surface area contributed by atoms with E-state index >= 15 is 4.79 Å². The maximum Gasteiger partial charge on any atom is 0.251 e. The highest BCUT2D eigenvalue weighted by atomic mass is 32.2. The van der Waals surface area contributed by atoms with Crippen LogP contribution < -0.4 is 14.5 Å². The highest BCUT2D eigenvalue weighted by molar-refractivity contribution is 8.02. The number of carbonyl (C=O) groups excluding carboxylic acids is 3. The molecule has 2 unspecified atom stereocenters. The summed E-state index contributed by atoms with van der Waals surface area (Å²) >= 11 is 1.68. The largest absolute Gasteiger partial charge is 0.494 e. The predicted molar refractivity (Wildman–Crippen MR) is 198 cm³/mol. The lowest BCUT2D eigenvalue weighted by molar-refractivity contribution is -0.139. The quantitative estimate of drug-likeness (QED) is 0.143. The fourth-order valence-electron chi connectivity index (χ4n) is 8.34. The number of unbranched alkanes of at least 4 members (excludes halogenated alkanes) is 2. The number of amides is 3. The van der Waals surface area contributed by atoms with Crippen molar-refractivity contribution in [3.8, 4) is 5.75 Å². The lowest BCUT2D eigenvalue weighted by Crippen LogP contribution is -2.55. The van der Waals surface area contributed by atoms with Crippen LogP contribution in [0.1, 0.15) is 46.0 Å². The molecule has 3 aliphatic heterocycles. The average Bonchev–Trinajstić information content (AvgIpc) is 3.68. The first-order valence-electron chi connectivity index (χ1n) is 17.4. The Labute approximate surface area is 293 Å². The molecule has 3 heterocycles. The highest BCUT2D eigenvalue weighted by Gasteiger charge is 2.77. The van der Waals surface area contributed by atoms with Crippen molar-refractivity contribution < 1.29 is 24.2 Å². The van der Waals surface area contributed by atoms with E-state index in [0.717, 1.165) is 35.1 Å². The number of ether oxygens (including phenoxy) is 1. The molecule has 3 saturated heterocycles. The van der Waals surface area contributed by atoms with E-state index in [1.54, 1.807) is 38.6 Å². The van der Waals surface area contributed by atoms with Gasteiger partial charge in [0.25, 0.3) is 5.91 Å². The molecule has 3 aliphatic rings. The Kier molecular flexibility index (Phi) is 10.2. The fourth-order valence-corrected chi connectivity index (χ4v) is 10.7. The molecule has 6 rings (SSSR count). The number of thioether (sulfide) groups is 1. The predicted octanol–water partition coefficient (Wildman–Crippen LogP) is 6.62. The molecule has 1 spiro atoms. The van der Waals surface area contributed by atoms with E-state index in [4.69, 9.17) is 4.74 Å². The second-order valence-electron chi connectivity index (χ2n) is 13.5. The number of hydrogen-bond donors (Lipinski definition) is 1. The molecule has 1 N–H and O–H groups in total. The van der Waals surface area contributed by atoms with Crippen LogP contribution in [0.4, 0.5) is 11.4 Å². The molecule has 3 amide bonds. The summed E-state index contributed by atoms with van der Waals surface area (Å²) in [6.07, 6.45) is 6.84. The van der Waals surface area contributed by atoms with Crippen molar-refractivity contribution in [3.05, 3.63) is 92.0 Å². The third-order valence-corrected chi connectivity index (χ3v) is 12.5. The number of anilines is 2. The normalized spacial score (nSPS) is 25.3. The van der Waals surface area contributed by atoms with Gasteiger partial charge >= 0.3 is 0 Å². The number of likely N-dealkylation sites (tertiary alicyclic amines) is 1. The van der Waals surface area contributed by atoms with Crippen molar-refractivity contribution in [2.24, 2.45) is 11.8 Å². The Morgan fingerprint density at radius 2 is 1.61 bits per heavy atom. The van der Waals surface area contributed by atoms with E-state index in [9.17, 15) is 14.7 Å². The molecule has 9 heteroatoms. The summed E-state index contributed by atoms with van der Waals surface area (Å²) in [7, 11) is 0. The molecular weight excluding hydrogens is 635 g/mol. The van der Waals surface area contributed by atoms with Gasteiger partial charge in [-0.1, -0.05) is 42.5 Å². The number of benzene rings is 3. The summed E-state index contributed by atoms with van der Waals surface area (Å²) in [6.45, 7) is 13.5. The molecule has 2 bridgehead atoms. The number of hydrogen-bond acceptors (Lipinski definition) is 6. The number of nitrogens with zero attached hydrogens (tertiary/aromatic N) is 3. The van der Waals surface area contributed by atoms with E-state index in [1.807, 2.05) is 73.7 Å². The lowest BCUT2D eigenvalue weighted by atomic mass is 9.66. The van der Waals surface area contributed by atoms with E-state index < -0.39 is 27.4 Å². The van der Waals surface area contributed by atoms with E-state index in [0.29, 0.717) is 44.6 Å². The molecule has 0 saturated carbocycles. The second-order valence-corrected chi connectivity index (χ2v) is 15.4. The van der Waals surface area contributed by atoms with Gasteiger partial charge in [0.15, 0.2) is 0 Å². The Bertz CT molecular complexity index is 1730. The van der Waals surface area contributed by atoms with E-state index in [1.165, 1.54) is 0 Å². The number of carbonyl (C=O) groups is 3. The first kappa shape index (κ1) is 34.8. The Morgan fingerprint density at radius 3 is 2.29 bits per heavy atom. The molecule has 3 aromatic carbocycles. The number of aliphatic hydroxyl groups excluding tert-OH is 1. The summed E-state index contributed by atoms with van der Waals surface area (Å²) in [4.78, 5) is 49.9. The first-order chi connectivity index (χ1) is 23.7. The molecule has 0 aliphatic carbocycles. The molecule has 3 fully saturated rings.